The van der Waals surface area contributed by atoms with Gasteiger partial charge in [-0.15, -0.1) is 0 Å². The highest BCUT2D eigenvalue weighted by atomic mass is 16.4. The molecule has 0 aliphatic carbocycles. The van der Waals surface area contributed by atoms with Crippen molar-refractivity contribution in [3.63, 3.8) is 0 Å². The smallest absolute Gasteiger partial charge is 0.311 e. The number of carboxylic acids is 1. The van der Waals surface area contributed by atoms with Gasteiger partial charge in [-0.1, -0.05) is 13.8 Å². The Morgan fingerprint density at radius 1 is 1.25 bits per heavy atom. The standard InChI is InChI=1S/C11H22N2O3/c1-5-11(6-2,9(15)16)7-13-8(14)10(3,4)12/h5-7,12H2,1-4H3,(H,13,14)(H,15,16). The number of hydrogen-bond acceptors (Lipinski definition) is 3. The van der Waals surface area contributed by atoms with E-state index >= 15 is 0 Å². The van der Waals surface area contributed by atoms with E-state index in [4.69, 9.17) is 10.8 Å². The Morgan fingerprint density at radius 2 is 1.69 bits per heavy atom. The Hall–Kier alpha value is -1.10. The molecule has 94 valence electrons. The van der Waals surface area contributed by atoms with Crippen molar-refractivity contribution in [2.75, 3.05) is 6.54 Å². The van der Waals surface area contributed by atoms with Crippen molar-refractivity contribution >= 4 is 11.9 Å². The summed E-state index contributed by atoms with van der Waals surface area (Å²) >= 11 is 0. The van der Waals surface area contributed by atoms with Crippen LogP contribution in [0.25, 0.3) is 0 Å². The Morgan fingerprint density at radius 3 is 1.94 bits per heavy atom. The molecule has 0 aromatic rings. The number of rotatable bonds is 6. The lowest BCUT2D eigenvalue weighted by molar-refractivity contribution is -0.149. The van der Waals surface area contributed by atoms with Gasteiger partial charge >= 0.3 is 5.97 Å². The van der Waals surface area contributed by atoms with Crippen LogP contribution in [0.3, 0.4) is 0 Å². The predicted octanol–water partition coefficient (Wildman–Crippen LogP) is 0.731. The molecule has 0 spiro atoms. The topological polar surface area (TPSA) is 92.4 Å². The minimum absolute atomic E-state index is 0.120. The normalized spacial score (nSPS) is 12.3. The molecule has 0 saturated heterocycles. The van der Waals surface area contributed by atoms with Crippen molar-refractivity contribution in [1.82, 2.24) is 5.32 Å². The van der Waals surface area contributed by atoms with Crippen LogP contribution >= 0.6 is 0 Å². The number of carboxylic acid groups (broad SMARTS) is 1. The van der Waals surface area contributed by atoms with Crippen molar-refractivity contribution in [3.05, 3.63) is 0 Å². The van der Waals surface area contributed by atoms with E-state index in [0.29, 0.717) is 12.8 Å². The maximum absolute atomic E-state index is 11.5. The summed E-state index contributed by atoms with van der Waals surface area (Å²) in [6, 6.07) is 0. The first-order valence-electron chi connectivity index (χ1n) is 5.50. The maximum atomic E-state index is 11.5. The highest BCUT2D eigenvalue weighted by Crippen LogP contribution is 2.25. The van der Waals surface area contributed by atoms with E-state index in [0.717, 1.165) is 0 Å². The van der Waals surface area contributed by atoms with Gasteiger partial charge in [0.25, 0.3) is 0 Å². The van der Waals surface area contributed by atoms with Crippen LogP contribution in [0, 0.1) is 5.41 Å². The molecular formula is C11H22N2O3. The average molecular weight is 230 g/mol. The van der Waals surface area contributed by atoms with Gasteiger partial charge in [0.2, 0.25) is 5.91 Å². The molecule has 0 heterocycles. The number of nitrogens with one attached hydrogen (secondary N) is 1. The summed E-state index contributed by atoms with van der Waals surface area (Å²) in [5, 5.41) is 11.8. The van der Waals surface area contributed by atoms with Crippen LogP contribution in [0.5, 0.6) is 0 Å². The van der Waals surface area contributed by atoms with Crippen molar-refractivity contribution in [2.24, 2.45) is 11.1 Å². The van der Waals surface area contributed by atoms with Crippen LogP contribution in [0.4, 0.5) is 0 Å². The molecule has 0 bridgehead atoms. The molecule has 0 saturated carbocycles. The fourth-order valence-electron chi connectivity index (χ4n) is 1.36. The SMILES string of the molecule is CCC(CC)(CNC(=O)C(C)(C)N)C(=O)O. The Bertz CT molecular complexity index is 265. The molecule has 0 rings (SSSR count). The molecule has 16 heavy (non-hydrogen) atoms. The molecule has 0 fully saturated rings. The molecule has 0 unspecified atom stereocenters. The van der Waals surface area contributed by atoms with Crippen molar-refractivity contribution in [1.29, 1.82) is 0 Å². The molecule has 4 N–H and O–H groups in total. The Labute approximate surface area is 96.4 Å². The second-order valence-electron chi connectivity index (χ2n) is 4.70. The van der Waals surface area contributed by atoms with Gasteiger partial charge in [-0.05, 0) is 26.7 Å². The molecule has 0 aromatic heterocycles. The second kappa shape index (κ2) is 5.30. The van der Waals surface area contributed by atoms with Gasteiger partial charge in [-0.3, -0.25) is 9.59 Å². The van der Waals surface area contributed by atoms with E-state index < -0.39 is 16.9 Å². The third-order valence-electron chi connectivity index (χ3n) is 2.98. The van der Waals surface area contributed by atoms with Crippen LogP contribution in [-0.4, -0.2) is 29.1 Å². The Balaban J connectivity index is 4.57. The molecule has 5 nitrogen and oxygen atoms in total. The lowest BCUT2D eigenvalue weighted by Crippen LogP contribution is -2.52. The van der Waals surface area contributed by atoms with Gasteiger partial charge in [-0.25, -0.2) is 0 Å². The lowest BCUT2D eigenvalue weighted by Gasteiger charge is -2.28. The van der Waals surface area contributed by atoms with Gasteiger partial charge in [0, 0.05) is 6.54 Å². The van der Waals surface area contributed by atoms with Crippen LogP contribution < -0.4 is 11.1 Å². The molecule has 0 radical (unpaired) electrons. The molecule has 0 aromatic carbocycles. The minimum atomic E-state index is -0.980. The highest BCUT2D eigenvalue weighted by molar-refractivity contribution is 5.85. The third-order valence-corrected chi connectivity index (χ3v) is 2.98. The summed E-state index contributed by atoms with van der Waals surface area (Å²) < 4.78 is 0. The first-order valence-corrected chi connectivity index (χ1v) is 5.50. The zero-order valence-electron chi connectivity index (χ0n) is 10.5. The molecular weight excluding hydrogens is 208 g/mol. The summed E-state index contributed by atoms with van der Waals surface area (Å²) in [6.45, 7) is 6.90. The van der Waals surface area contributed by atoms with E-state index in [9.17, 15) is 9.59 Å². The van der Waals surface area contributed by atoms with Crippen molar-refractivity contribution in [2.45, 2.75) is 46.1 Å². The van der Waals surface area contributed by atoms with E-state index in [2.05, 4.69) is 5.32 Å². The highest BCUT2D eigenvalue weighted by Gasteiger charge is 2.36. The minimum Gasteiger partial charge on any atom is -0.481 e. The zero-order valence-corrected chi connectivity index (χ0v) is 10.5. The van der Waals surface area contributed by atoms with Crippen LogP contribution in [-0.2, 0) is 9.59 Å². The number of aliphatic carboxylic acids is 1. The summed E-state index contributed by atoms with van der Waals surface area (Å²) in [5.74, 6) is -1.22. The first-order chi connectivity index (χ1) is 7.19. The molecule has 5 heteroatoms. The number of carbonyl (C=O) groups excluding carboxylic acids is 1. The van der Waals surface area contributed by atoms with Crippen molar-refractivity contribution in [3.8, 4) is 0 Å². The quantitative estimate of drug-likeness (QED) is 0.627. The third kappa shape index (κ3) is 3.48. The number of hydrogen-bond donors (Lipinski definition) is 3. The zero-order chi connectivity index (χ0) is 13.0. The monoisotopic (exact) mass is 230 g/mol. The maximum Gasteiger partial charge on any atom is 0.311 e. The first kappa shape index (κ1) is 14.9. The van der Waals surface area contributed by atoms with Crippen LogP contribution in [0.15, 0.2) is 0 Å². The van der Waals surface area contributed by atoms with Gasteiger partial charge in [0.15, 0.2) is 0 Å². The number of amides is 1. The fourth-order valence-corrected chi connectivity index (χ4v) is 1.36. The van der Waals surface area contributed by atoms with Gasteiger partial charge < -0.3 is 16.2 Å². The van der Waals surface area contributed by atoms with E-state index in [-0.39, 0.29) is 12.5 Å². The number of nitrogens with two attached hydrogens (primary N) is 1. The van der Waals surface area contributed by atoms with Gasteiger partial charge in [-0.2, -0.15) is 0 Å². The van der Waals surface area contributed by atoms with E-state index in [1.54, 1.807) is 27.7 Å². The second-order valence-corrected chi connectivity index (χ2v) is 4.70. The summed E-state index contributed by atoms with van der Waals surface area (Å²) in [6.07, 6.45) is 0.953. The summed E-state index contributed by atoms with van der Waals surface area (Å²) in [7, 11) is 0. The number of carbonyl (C=O) groups is 2. The molecule has 0 atom stereocenters. The summed E-state index contributed by atoms with van der Waals surface area (Å²) in [4.78, 5) is 22.7. The van der Waals surface area contributed by atoms with Crippen molar-refractivity contribution < 1.29 is 14.7 Å². The summed E-state index contributed by atoms with van der Waals surface area (Å²) in [5.41, 5.74) is 3.74. The van der Waals surface area contributed by atoms with Gasteiger partial charge in [0.1, 0.15) is 0 Å². The average Bonchev–Trinajstić information content (AvgIpc) is 2.17. The predicted molar refractivity (Wildman–Crippen MR) is 61.9 cm³/mol. The lowest BCUT2D eigenvalue weighted by atomic mass is 9.82. The van der Waals surface area contributed by atoms with Gasteiger partial charge in [0.05, 0.1) is 11.0 Å². The molecule has 1 amide bonds. The van der Waals surface area contributed by atoms with Crippen LogP contribution in [0.2, 0.25) is 0 Å². The van der Waals surface area contributed by atoms with Crippen LogP contribution in [0.1, 0.15) is 40.5 Å². The Kier molecular flexibility index (Phi) is 4.93. The largest absolute Gasteiger partial charge is 0.481 e. The fraction of sp³-hybridized carbons (Fsp3) is 0.818. The molecule has 0 aliphatic rings. The van der Waals surface area contributed by atoms with E-state index in [1.807, 2.05) is 0 Å². The van der Waals surface area contributed by atoms with E-state index in [1.165, 1.54) is 0 Å². The molecule has 0 aliphatic heterocycles.